The molecule has 2 aromatic rings. The molecular weight excluding hydrogens is 301 g/mol. The topological polar surface area (TPSA) is 27.3 Å². The summed E-state index contributed by atoms with van der Waals surface area (Å²) in [5.74, 6) is -0.164. The molecule has 0 saturated carbocycles. The van der Waals surface area contributed by atoms with Crippen LogP contribution in [0.2, 0.25) is 0 Å². The molecule has 3 nitrogen and oxygen atoms in total. The fraction of sp³-hybridized carbons (Fsp3) is 0.400. The van der Waals surface area contributed by atoms with Crippen molar-refractivity contribution in [1.29, 1.82) is 0 Å². The van der Waals surface area contributed by atoms with Crippen LogP contribution in [0.25, 0.3) is 0 Å². The molecule has 0 amide bonds. The SMILES string of the molecule is Cc1ccc2c(c1)NC1(CCNCC1)CN2Cc1cccc(F)c1. The van der Waals surface area contributed by atoms with Crippen LogP contribution in [0.1, 0.15) is 24.0 Å². The van der Waals surface area contributed by atoms with Gasteiger partial charge >= 0.3 is 0 Å². The molecule has 2 aliphatic rings. The van der Waals surface area contributed by atoms with Gasteiger partial charge in [-0.25, -0.2) is 4.39 Å². The van der Waals surface area contributed by atoms with Crippen LogP contribution in [0, 0.1) is 12.7 Å². The monoisotopic (exact) mass is 325 g/mol. The first kappa shape index (κ1) is 15.5. The second-order valence-corrected chi connectivity index (χ2v) is 7.16. The Bertz CT molecular complexity index is 737. The first-order valence-corrected chi connectivity index (χ1v) is 8.73. The summed E-state index contributed by atoms with van der Waals surface area (Å²) in [6.07, 6.45) is 2.22. The van der Waals surface area contributed by atoms with Crippen LogP contribution in [0.3, 0.4) is 0 Å². The summed E-state index contributed by atoms with van der Waals surface area (Å²) in [6, 6.07) is 13.5. The Balaban J connectivity index is 1.69. The van der Waals surface area contributed by atoms with E-state index in [0.717, 1.165) is 44.6 Å². The molecule has 2 N–H and O–H groups in total. The lowest BCUT2D eigenvalue weighted by molar-refractivity contribution is 0.332. The molecule has 24 heavy (non-hydrogen) atoms. The predicted octanol–water partition coefficient (Wildman–Crippen LogP) is 3.69. The highest BCUT2D eigenvalue weighted by Gasteiger charge is 2.38. The van der Waals surface area contributed by atoms with Crippen LogP contribution >= 0.6 is 0 Å². The molecule has 2 aromatic carbocycles. The van der Waals surface area contributed by atoms with E-state index in [9.17, 15) is 4.39 Å². The quantitative estimate of drug-likeness (QED) is 0.882. The molecule has 2 aliphatic heterocycles. The van der Waals surface area contributed by atoms with Crippen molar-refractivity contribution in [2.45, 2.75) is 31.8 Å². The largest absolute Gasteiger partial charge is 0.376 e. The Morgan fingerprint density at radius 3 is 2.75 bits per heavy atom. The molecule has 0 radical (unpaired) electrons. The van der Waals surface area contributed by atoms with Crippen molar-refractivity contribution in [2.24, 2.45) is 0 Å². The van der Waals surface area contributed by atoms with E-state index < -0.39 is 0 Å². The lowest BCUT2D eigenvalue weighted by Crippen LogP contribution is -2.57. The van der Waals surface area contributed by atoms with Crippen LogP contribution < -0.4 is 15.5 Å². The first-order valence-electron chi connectivity index (χ1n) is 8.73. The maximum Gasteiger partial charge on any atom is 0.123 e. The molecule has 0 bridgehead atoms. The van der Waals surface area contributed by atoms with Crippen molar-refractivity contribution < 1.29 is 4.39 Å². The zero-order chi connectivity index (χ0) is 16.6. The molecule has 0 aliphatic carbocycles. The summed E-state index contributed by atoms with van der Waals surface area (Å²) in [6.45, 7) is 5.92. The molecule has 126 valence electrons. The Hall–Kier alpha value is -2.07. The molecule has 0 aromatic heterocycles. The number of benzene rings is 2. The van der Waals surface area contributed by atoms with Crippen molar-refractivity contribution in [1.82, 2.24) is 5.32 Å². The number of piperidine rings is 1. The van der Waals surface area contributed by atoms with Gasteiger partial charge in [-0.3, -0.25) is 0 Å². The van der Waals surface area contributed by atoms with E-state index in [2.05, 4.69) is 40.7 Å². The van der Waals surface area contributed by atoms with Gasteiger partial charge in [-0.2, -0.15) is 0 Å². The minimum Gasteiger partial charge on any atom is -0.376 e. The molecule has 4 heteroatoms. The molecule has 1 spiro atoms. The lowest BCUT2D eigenvalue weighted by atomic mass is 9.85. The fourth-order valence-electron chi connectivity index (χ4n) is 3.99. The van der Waals surface area contributed by atoms with Gasteiger partial charge in [-0.15, -0.1) is 0 Å². The maximum atomic E-state index is 13.6. The summed E-state index contributed by atoms with van der Waals surface area (Å²) in [5.41, 5.74) is 4.82. The summed E-state index contributed by atoms with van der Waals surface area (Å²) < 4.78 is 13.6. The standard InChI is InChI=1S/C20H24FN3/c1-15-5-6-19-18(11-15)23-20(7-9-22-10-8-20)14-24(19)13-16-3-2-4-17(21)12-16/h2-6,11-12,22-23H,7-10,13-14H2,1H3. The number of rotatable bonds is 2. The highest BCUT2D eigenvalue weighted by atomic mass is 19.1. The zero-order valence-electron chi connectivity index (χ0n) is 14.1. The van der Waals surface area contributed by atoms with Gasteiger partial charge in [0.05, 0.1) is 16.9 Å². The summed E-state index contributed by atoms with van der Waals surface area (Å²) in [7, 11) is 0. The molecule has 0 unspecified atom stereocenters. The second kappa shape index (κ2) is 6.10. The zero-order valence-corrected chi connectivity index (χ0v) is 14.1. The number of anilines is 2. The number of aryl methyl sites for hydroxylation is 1. The number of hydrogen-bond acceptors (Lipinski definition) is 3. The van der Waals surface area contributed by atoms with Gasteiger partial charge in [0.15, 0.2) is 0 Å². The Morgan fingerprint density at radius 2 is 1.96 bits per heavy atom. The van der Waals surface area contributed by atoms with Gasteiger partial charge in [0.1, 0.15) is 5.82 Å². The minimum atomic E-state index is -0.164. The van der Waals surface area contributed by atoms with Crippen molar-refractivity contribution in [3.8, 4) is 0 Å². The molecule has 2 heterocycles. The highest BCUT2D eigenvalue weighted by Crippen LogP contribution is 2.39. The average molecular weight is 325 g/mol. The Labute approximate surface area is 142 Å². The first-order chi connectivity index (χ1) is 11.6. The average Bonchev–Trinajstić information content (AvgIpc) is 2.55. The number of hydrogen-bond donors (Lipinski definition) is 2. The van der Waals surface area contributed by atoms with Crippen LogP contribution in [0.4, 0.5) is 15.8 Å². The van der Waals surface area contributed by atoms with Crippen molar-refractivity contribution in [3.05, 3.63) is 59.4 Å². The molecule has 4 rings (SSSR count). The predicted molar refractivity (Wildman–Crippen MR) is 97.1 cm³/mol. The van der Waals surface area contributed by atoms with Gasteiger partial charge in [0, 0.05) is 13.1 Å². The van der Waals surface area contributed by atoms with Crippen LogP contribution in [0.15, 0.2) is 42.5 Å². The highest BCUT2D eigenvalue weighted by molar-refractivity contribution is 5.74. The number of fused-ring (bicyclic) bond motifs is 1. The summed E-state index contributed by atoms with van der Waals surface area (Å²) >= 11 is 0. The lowest BCUT2D eigenvalue weighted by Gasteiger charge is -2.48. The molecule has 1 fully saturated rings. The van der Waals surface area contributed by atoms with E-state index >= 15 is 0 Å². The summed E-state index contributed by atoms with van der Waals surface area (Å²) in [5, 5.41) is 7.28. The van der Waals surface area contributed by atoms with Crippen LogP contribution in [-0.2, 0) is 6.54 Å². The van der Waals surface area contributed by atoms with Crippen molar-refractivity contribution in [2.75, 3.05) is 29.9 Å². The third-order valence-electron chi connectivity index (χ3n) is 5.21. The van der Waals surface area contributed by atoms with Gasteiger partial charge in [0.25, 0.3) is 0 Å². The Morgan fingerprint density at radius 1 is 1.12 bits per heavy atom. The molecule has 1 saturated heterocycles. The van der Waals surface area contributed by atoms with Crippen molar-refractivity contribution in [3.63, 3.8) is 0 Å². The maximum absolute atomic E-state index is 13.6. The van der Waals surface area contributed by atoms with E-state index in [-0.39, 0.29) is 11.4 Å². The second-order valence-electron chi connectivity index (χ2n) is 7.16. The van der Waals surface area contributed by atoms with Gasteiger partial charge in [0.2, 0.25) is 0 Å². The van der Waals surface area contributed by atoms with E-state index in [1.807, 2.05) is 6.07 Å². The third-order valence-corrected chi connectivity index (χ3v) is 5.21. The van der Waals surface area contributed by atoms with Gasteiger partial charge in [-0.1, -0.05) is 18.2 Å². The fourth-order valence-corrected chi connectivity index (χ4v) is 3.99. The van der Waals surface area contributed by atoms with E-state index in [4.69, 9.17) is 0 Å². The molecule has 0 atom stereocenters. The molecular formula is C20H24FN3. The smallest absolute Gasteiger partial charge is 0.123 e. The van der Waals surface area contributed by atoms with E-state index in [1.165, 1.54) is 23.0 Å². The third kappa shape index (κ3) is 2.98. The van der Waals surface area contributed by atoms with Gasteiger partial charge < -0.3 is 15.5 Å². The number of nitrogens with one attached hydrogen (secondary N) is 2. The number of nitrogens with zero attached hydrogens (tertiary/aromatic N) is 1. The normalized spacial score (nSPS) is 19.0. The minimum absolute atomic E-state index is 0.110. The summed E-state index contributed by atoms with van der Waals surface area (Å²) in [4.78, 5) is 2.41. The van der Waals surface area contributed by atoms with E-state index in [0.29, 0.717) is 0 Å². The number of halogens is 1. The van der Waals surface area contributed by atoms with Crippen molar-refractivity contribution >= 4 is 11.4 Å². The van der Waals surface area contributed by atoms with Crippen LogP contribution in [0.5, 0.6) is 0 Å². The van der Waals surface area contributed by atoms with Gasteiger partial charge in [-0.05, 0) is 68.2 Å². The van der Waals surface area contributed by atoms with Crippen LogP contribution in [-0.4, -0.2) is 25.2 Å². The Kier molecular flexibility index (Phi) is 3.93. The van der Waals surface area contributed by atoms with E-state index in [1.54, 1.807) is 12.1 Å².